The van der Waals surface area contributed by atoms with Crippen molar-refractivity contribution in [1.29, 1.82) is 0 Å². The summed E-state index contributed by atoms with van der Waals surface area (Å²) >= 11 is 0. The fourth-order valence-corrected chi connectivity index (χ4v) is 3.47. The van der Waals surface area contributed by atoms with Crippen molar-refractivity contribution in [3.8, 4) is 11.5 Å². The van der Waals surface area contributed by atoms with Crippen molar-refractivity contribution >= 4 is 23.2 Å². The van der Waals surface area contributed by atoms with Gasteiger partial charge < -0.3 is 19.7 Å². The Hall–Kier alpha value is -3.02. The Balaban J connectivity index is 1.77. The van der Waals surface area contributed by atoms with Crippen molar-refractivity contribution < 1.29 is 19.1 Å². The number of amides is 2. The summed E-state index contributed by atoms with van der Waals surface area (Å²) in [4.78, 5) is 27.0. The minimum absolute atomic E-state index is 0.0331. The predicted molar refractivity (Wildman–Crippen MR) is 105 cm³/mol. The number of nitrogens with zero attached hydrogens (tertiary/aromatic N) is 1. The van der Waals surface area contributed by atoms with Crippen LogP contribution in [0.5, 0.6) is 11.5 Å². The molecule has 1 aliphatic rings. The Bertz CT molecular complexity index is 858. The van der Waals surface area contributed by atoms with E-state index in [4.69, 9.17) is 9.47 Å². The third kappa shape index (κ3) is 3.74. The summed E-state index contributed by atoms with van der Waals surface area (Å²) in [5.41, 5.74) is 3.52. The second-order valence-corrected chi connectivity index (χ2v) is 6.70. The molecule has 1 aliphatic heterocycles. The lowest BCUT2D eigenvalue weighted by atomic mass is 10.1. The highest BCUT2D eigenvalue weighted by Gasteiger charge is 2.36. The molecule has 2 aromatic rings. The topological polar surface area (TPSA) is 67.9 Å². The minimum Gasteiger partial charge on any atom is -0.497 e. The second-order valence-electron chi connectivity index (χ2n) is 6.70. The van der Waals surface area contributed by atoms with Gasteiger partial charge in [-0.05, 0) is 37.1 Å². The second kappa shape index (κ2) is 7.70. The number of benzene rings is 2. The molecule has 1 saturated heterocycles. The lowest BCUT2D eigenvalue weighted by Crippen LogP contribution is -2.29. The summed E-state index contributed by atoms with van der Waals surface area (Å²) in [6.45, 7) is 4.32. The number of methoxy groups -OCH3 is 2. The zero-order valence-electron chi connectivity index (χ0n) is 16.0. The number of hydrogen-bond donors (Lipinski definition) is 1. The lowest BCUT2D eigenvalue weighted by molar-refractivity contribution is -0.122. The molecule has 0 unspecified atom stereocenters. The maximum atomic E-state index is 12.8. The summed E-state index contributed by atoms with van der Waals surface area (Å²) < 4.78 is 10.5. The average molecular weight is 368 g/mol. The van der Waals surface area contributed by atoms with E-state index in [1.807, 2.05) is 32.0 Å². The first-order chi connectivity index (χ1) is 12.9. The average Bonchev–Trinajstić information content (AvgIpc) is 3.03. The predicted octanol–water partition coefficient (Wildman–Crippen LogP) is 3.31. The van der Waals surface area contributed by atoms with E-state index in [-0.39, 0.29) is 18.2 Å². The van der Waals surface area contributed by atoms with Gasteiger partial charge in [0.2, 0.25) is 11.8 Å². The number of aryl methyl sites for hydroxylation is 2. The van der Waals surface area contributed by atoms with E-state index in [1.165, 1.54) is 7.11 Å². The highest BCUT2D eigenvalue weighted by Crippen LogP contribution is 2.33. The highest BCUT2D eigenvalue weighted by molar-refractivity contribution is 6.04. The molecule has 0 radical (unpaired) electrons. The largest absolute Gasteiger partial charge is 0.497 e. The molecule has 1 atom stereocenters. The van der Waals surface area contributed by atoms with Crippen LogP contribution >= 0.6 is 0 Å². The van der Waals surface area contributed by atoms with Gasteiger partial charge in [0.15, 0.2) is 0 Å². The Morgan fingerprint density at radius 1 is 1.11 bits per heavy atom. The van der Waals surface area contributed by atoms with Crippen molar-refractivity contribution in [2.75, 3.05) is 31.0 Å². The van der Waals surface area contributed by atoms with Gasteiger partial charge in [0.05, 0.1) is 25.8 Å². The zero-order valence-corrected chi connectivity index (χ0v) is 16.0. The molecule has 0 bridgehead atoms. The third-order valence-electron chi connectivity index (χ3n) is 4.87. The molecular formula is C21H24N2O4. The molecule has 0 aromatic heterocycles. The van der Waals surface area contributed by atoms with E-state index in [9.17, 15) is 9.59 Å². The Morgan fingerprint density at radius 2 is 1.81 bits per heavy atom. The van der Waals surface area contributed by atoms with Crippen molar-refractivity contribution in [2.45, 2.75) is 20.3 Å². The molecule has 1 fully saturated rings. The minimum atomic E-state index is -0.414. The Kier molecular flexibility index (Phi) is 5.35. The summed E-state index contributed by atoms with van der Waals surface area (Å²) in [7, 11) is 3.10. The van der Waals surface area contributed by atoms with Crippen molar-refractivity contribution in [2.24, 2.45) is 5.92 Å². The number of hydrogen-bond acceptors (Lipinski definition) is 4. The van der Waals surface area contributed by atoms with Gasteiger partial charge in [-0.25, -0.2) is 0 Å². The van der Waals surface area contributed by atoms with Crippen LogP contribution in [0.25, 0.3) is 0 Å². The van der Waals surface area contributed by atoms with Crippen LogP contribution in [0, 0.1) is 19.8 Å². The van der Waals surface area contributed by atoms with Gasteiger partial charge in [0.25, 0.3) is 0 Å². The van der Waals surface area contributed by atoms with Crippen molar-refractivity contribution in [1.82, 2.24) is 0 Å². The first-order valence-corrected chi connectivity index (χ1v) is 8.84. The molecule has 0 spiro atoms. The van der Waals surface area contributed by atoms with E-state index in [1.54, 1.807) is 30.2 Å². The number of carbonyl (C=O) groups excluding carboxylic acids is 2. The SMILES string of the molecule is COc1ccc(NC(=O)[C@H]2CC(=O)N(c3c(C)cccc3C)C2)c(OC)c1. The number of rotatable bonds is 5. The summed E-state index contributed by atoms with van der Waals surface area (Å²) in [6.07, 6.45) is 0.193. The van der Waals surface area contributed by atoms with Gasteiger partial charge in [-0.3, -0.25) is 9.59 Å². The van der Waals surface area contributed by atoms with Crippen LogP contribution in [-0.2, 0) is 9.59 Å². The van der Waals surface area contributed by atoms with Crippen molar-refractivity contribution in [3.63, 3.8) is 0 Å². The number of carbonyl (C=O) groups is 2. The normalized spacial score (nSPS) is 16.4. The lowest BCUT2D eigenvalue weighted by Gasteiger charge is -2.21. The van der Waals surface area contributed by atoms with Crippen LogP contribution in [0.3, 0.4) is 0 Å². The maximum absolute atomic E-state index is 12.8. The third-order valence-corrected chi connectivity index (χ3v) is 4.87. The highest BCUT2D eigenvalue weighted by atomic mass is 16.5. The number of nitrogens with one attached hydrogen (secondary N) is 1. The van der Waals surface area contributed by atoms with Crippen LogP contribution in [0.4, 0.5) is 11.4 Å². The zero-order chi connectivity index (χ0) is 19.6. The molecule has 0 aliphatic carbocycles. The summed E-state index contributed by atoms with van der Waals surface area (Å²) in [5.74, 6) is 0.513. The van der Waals surface area contributed by atoms with Crippen LogP contribution in [0.1, 0.15) is 17.5 Å². The standard InChI is InChI=1S/C21H24N2O4/c1-13-6-5-7-14(2)20(13)23-12-15(10-19(23)24)21(25)22-17-9-8-16(26-3)11-18(17)27-4/h5-9,11,15H,10,12H2,1-4H3,(H,22,25)/t15-/m0/s1. The van der Waals surface area contributed by atoms with E-state index < -0.39 is 5.92 Å². The molecular weight excluding hydrogens is 344 g/mol. The van der Waals surface area contributed by atoms with Crippen LogP contribution in [-0.4, -0.2) is 32.6 Å². The number of ether oxygens (including phenoxy) is 2. The van der Waals surface area contributed by atoms with E-state index >= 15 is 0 Å². The smallest absolute Gasteiger partial charge is 0.229 e. The van der Waals surface area contributed by atoms with E-state index in [2.05, 4.69) is 5.32 Å². The van der Waals surface area contributed by atoms with Crippen molar-refractivity contribution in [3.05, 3.63) is 47.5 Å². The van der Waals surface area contributed by atoms with Crippen LogP contribution < -0.4 is 19.7 Å². The van der Waals surface area contributed by atoms with E-state index in [0.717, 1.165) is 16.8 Å². The fourth-order valence-electron chi connectivity index (χ4n) is 3.47. The molecule has 1 N–H and O–H groups in total. The quantitative estimate of drug-likeness (QED) is 0.879. The van der Waals surface area contributed by atoms with Gasteiger partial charge >= 0.3 is 0 Å². The number of para-hydroxylation sites is 1. The molecule has 0 saturated carbocycles. The van der Waals surface area contributed by atoms with Gasteiger partial charge in [0, 0.05) is 24.7 Å². The molecule has 27 heavy (non-hydrogen) atoms. The molecule has 1 heterocycles. The fraction of sp³-hybridized carbons (Fsp3) is 0.333. The maximum Gasteiger partial charge on any atom is 0.229 e. The first-order valence-electron chi connectivity index (χ1n) is 8.84. The molecule has 6 nitrogen and oxygen atoms in total. The monoisotopic (exact) mass is 368 g/mol. The van der Waals surface area contributed by atoms with E-state index in [0.29, 0.717) is 23.7 Å². The van der Waals surface area contributed by atoms with Gasteiger partial charge in [-0.2, -0.15) is 0 Å². The molecule has 2 amide bonds. The Labute approximate surface area is 159 Å². The molecule has 142 valence electrons. The summed E-state index contributed by atoms with van der Waals surface area (Å²) in [6, 6.07) is 11.1. The van der Waals surface area contributed by atoms with Crippen LogP contribution in [0.15, 0.2) is 36.4 Å². The van der Waals surface area contributed by atoms with Gasteiger partial charge in [-0.15, -0.1) is 0 Å². The molecule has 3 rings (SSSR count). The summed E-state index contributed by atoms with van der Waals surface area (Å²) in [5, 5.41) is 2.88. The van der Waals surface area contributed by atoms with Gasteiger partial charge in [-0.1, -0.05) is 18.2 Å². The number of anilines is 2. The van der Waals surface area contributed by atoms with Gasteiger partial charge in [0.1, 0.15) is 11.5 Å². The molecule has 2 aromatic carbocycles. The Morgan fingerprint density at radius 3 is 2.44 bits per heavy atom. The first kappa shape index (κ1) is 18.8. The molecule has 6 heteroatoms. The van der Waals surface area contributed by atoms with Crippen LogP contribution in [0.2, 0.25) is 0 Å².